The maximum Gasteiger partial charge on any atom is 0.0906 e. The van der Waals surface area contributed by atoms with Crippen molar-refractivity contribution in [1.29, 1.82) is 0 Å². The number of hydrogen-bond acceptors (Lipinski definition) is 1. The van der Waals surface area contributed by atoms with Crippen LogP contribution in [0.1, 0.15) is 38.5 Å². The Morgan fingerprint density at radius 1 is 0.909 bits per heavy atom. The van der Waals surface area contributed by atoms with Crippen molar-refractivity contribution < 1.29 is 4.57 Å². The van der Waals surface area contributed by atoms with Crippen LogP contribution in [0.25, 0.3) is 0 Å². The molecule has 1 saturated carbocycles. The fraction of sp³-hybridized carbons (Fsp3) is 1.00. The normalized spacial score (nSPS) is 31.3. The van der Waals surface area contributed by atoms with Gasteiger partial charge in [0, 0.05) is 18.0 Å². The first kappa shape index (κ1) is 7.86. The molecular formula is C9H17OP. The Hall–Kier alpha value is 0.230. The highest BCUT2D eigenvalue weighted by atomic mass is 31.2. The molecule has 1 heterocycles. The minimum atomic E-state index is -1.62. The summed E-state index contributed by atoms with van der Waals surface area (Å²) >= 11 is 0. The summed E-state index contributed by atoms with van der Waals surface area (Å²) in [6.45, 7) is 0. The monoisotopic (exact) mass is 172 g/mol. The lowest BCUT2D eigenvalue weighted by Crippen LogP contribution is -2.23. The number of rotatable bonds is 1. The lowest BCUT2D eigenvalue weighted by molar-refractivity contribution is 0.467. The molecule has 64 valence electrons. The van der Waals surface area contributed by atoms with Gasteiger partial charge in [0.1, 0.15) is 0 Å². The average molecular weight is 172 g/mol. The van der Waals surface area contributed by atoms with Crippen molar-refractivity contribution in [2.24, 2.45) is 0 Å². The molecule has 1 aliphatic carbocycles. The Morgan fingerprint density at radius 3 is 2.00 bits per heavy atom. The third-order valence-corrected chi connectivity index (χ3v) is 7.31. The summed E-state index contributed by atoms with van der Waals surface area (Å²) in [7, 11) is -1.62. The fourth-order valence-corrected chi connectivity index (χ4v) is 6.05. The molecule has 0 radical (unpaired) electrons. The maximum absolute atomic E-state index is 12.2. The molecule has 0 aromatic rings. The van der Waals surface area contributed by atoms with Crippen LogP contribution in [0, 0.1) is 0 Å². The first-order valence-electron chi connectivity index (χ1n) is 4.89. The highest BCUT2D eigenvalue weighted by molar-refractivity contribution is 7.64. The van der Waals surface area contributed by atoms with Gasteiger partial charge in [-0.2, -0.15) is 0 Å². The Morgan fingerprint density at radius 2 is 1.55 bits per heavy atom. The van der Waals surface area contributed by atoms with E-state index in [2.05, 4.69) is 0 Å². The lowest BCUT2D eigenvalue weighted by Gasteiger charge is -2.36. The summed E-state index contributed by atoms with van der Waals surface area (Å²) < 4.78 is 12.2. The summed E-state index contributed by atoms with van der Waals surface area (Å²) in [6, 6.07) is 0. The van der Waals surface area contributed by atoms with Crippen molar-refractivity contribution in [2.75, 3.05) is 12.3 Å². The van der Waals surface area contributed by atoms with Crippen molar-refractivity contribution in [3.63, 3.8) is 0 Å². The fourth-order valence-electron chi connectivity index (χ4n) is 2.27. The molecule has 2 fully saturated rings. The van der Waals surface area contributed by atoms with Crippen LogP contribution in [0.4, 0.5) is 0 Å². The third-order valence-electron chi connectivity index (χ3n) is 3.31. The molecule has 2 aliphatic rings. The second kappa shape index (κ2) is 2.94. The van der Waals surface area contributed by atoms with Gasteiger partial charge in [-0.1, -0.05) is 12.8 Å². The van der Waals surface area contributed by atoms with E-state index in [0.29, 0.717) is 5.66 Å². The van der Waals surface area contributed by atoms with Crippen LogP contribution in [0.3, 0.4) is 0 Å². The van der Waals surface area contributed by atoms with Crippen LogP contribution in [0.15, 0.2) is 0 Å². The standard InChI is InChI=1S/C9H17OP/c10-11(9-5-4-6-9)7-2-1-3-8-11/h9H,1-8H2. The zero-order valence-electron chi connectivity index (χ0n) is 7.09. The van der Waals surface area contributed by atoms with E-state index >= 15 is 0 Å². The van der Waals surface area contributed by atoms with Gasteiger partial charge in [-0.3, -0.25) is 0 Å². The molecular weight excluding hydrogens is 155 g/mol. The van der Waals surface area contributed by atoms with Crippen molar-refractivity contribution in [3.05, 3.63) is 0 Å². The Labute approximate surface area is 68.9 Å². The van der Waals surface area contributed by atoms with Crippen molar-refractivity contribution in [3.8, 4) is 0 Å². The zero-order valence-corrected chi connectivity index (χ0v) is 7.98. The number of hydrogen-bond donors (Lipinski definition) is 0. The third kappa shape index (κ3) is 1.40. The van der Waals surface area contributed by atoms with E-state index in [9.17, 15) is 4.57 Å². The van der Waals surface area contributed by atoms with Crippen LogP contribution in [-0.2, 0) is 4.57 Å². The van der Waals surface area contributed by atoms with Gasteiger partial charge in [0.2, 0.25) is 0 Å². The van der Waals surface area contributed by atoms with Gasteiger partial charge in [-0.15, -0.1) is 0 Å². The van der Waals surface area contributed by atoms with E-state index in [1.165, 1.54) is 38.5 Å². The van der Waals surface area contributed by atoms with E-state index in [1.807, 2.05) is 0 Å². The Kier molecular flexibility index (Phi) is 2.10. The van der Waals surface area contributed by atoms with E-state index in [1.54, 1.807) is 0 Å². The molecule has 2 rings (SSSR count). The topological polar surface area (TPSA) is 17.1 Å². The smallest absolute Gasteiger partial charge is 0.0906 e. The molecule has 0 spiro atoms. The molecule has 0 aromatic heterocycles. The van der Waals surface area contributed by atoms with Crippen LogP contribution in [-0.4, -0.2) is 18.0 Å². The van der Waals surface area contributed by atoms with Crippen molar-refractivity contribution in [1.82, 2.24) is 0 Å². The first-order valence-corrected chi connectivity index (χ1v) is 7.04. The van der Waals surface area contributed by atoms with Gasteiger partial charge in [-0.05, 0) is 25.7 Å². The first-order chi connectivity index (χ1) is 5.31. The minimum Gasteiger partial charge on any atom is -0.323 e. The maximum atomic E-state index is 12.2. The molecule has 0 aromatic carbocycles. The van der Waals surface area contributed by atoms with Crippen LogP contribution < -0.4 is 0 Å². The van der Waals surface area contributed by atoms with Gasteiger partial charge in [0.05, 0.1) is 7.14 Å². The van der Waals surface area contributed by atoms with E-state index in [0.717, 1.165) is 12.3 Å². The Balaban J connectivity index is 2.00. The molecule has 1 saturated heterocycles. The molecule has 1 nitrogen and oxygen atoms in total. The molecule has 0 atom stereocenters. The molecule has 0 unspecified atom stereocenters. The summed E-state index contributed by atoms with van der Waals surface area (Å²) in [5.74, 6) is 0. The molecule has 1 aliphatic heterocycles. The quantitative estimate of drug-likeness (QED) is 0.555. The molecule has 0 amide bonds. The largest absolute Gasteiger partial charge is 0.323 e. The summed E-state index contributed by atoms with van der Waals surface area (Å²) in [5, 5.41) is 0. The zero-order chi connectivity index (χ0) is 7.73. The van der Waals surface area contributed by atoms with E-state index in [-0.39, 0.29) is 0 Å². The van der Waals surface area contributed by atoms with Crippen molar-refractivity contribution in [2.45, 2.75) is 44.2 Å². The highest BCUT2D eigenvalue weighted by Crippen LogP contribution is 2.60. The van der Waals surface area contributed by atoms with Crippen LogP contribution >= 0.6 is 7.14 Å². The summed E-state index contributed by atoms with van der Waals surface area (Å²) in [4.78, 5) is 0. The van der Waals surface area contributed by atoms with Gasteiger partial charge in [-0.25, -0.2) is 0 Å². The van der Waals surface area contributed by atoms with Gasteiger partial charge in [0.25, 0.3) is 0 Å². The lowest BCUT2D eigenvalue weighted by atomic mass is 10.00. The van der Waals surface area contributed by atoms with Gasteiger partial charge in [0.15, 0.2) is 0 Å². The SMILES string of the molecule is O=P1(C2CCC2)CCCCC1. The summed E-state index contributed by atoms with van der Waals surface area (Å²) in [6.07, 6.45) is 9.87. The average Bonchev–Trinajstić information content (AvgIpc) is 1.83. The van der Waals surface area contributed by atoms with Gasteiger partial charge < -0.3 is 4.57 Å². The van der Waals surface area contributed by atoms with Crippen molar-refractivity contribution >= 4 is 7.14 Å². The van der Waals surface area contributed by atoms with E-state index in [4.69, 9.17) is 0 Å². The summed E-state index contributed by atoms with van der Waals surface area (Å²) in [5.41, 5.74) is 0.669. The minimum absolute atomic E-state index is 0.669. The Bertz CT molecular complexity index is 174. The predicted octanol–water partition coefficient (Wildman–Crippen LogP) is 3.09. The van der Waals surface area contributed by atoms with Crippen LogP contribution in [0.2, 0.25) is 0 Å². The molecule has 0 N–H and O–H groups in total. The molecule has 2 heteroatoms. The van der Waals surface area contributed by atoms with Crippen LogP contribution in [0.5, 0.6) is 0 Å². The van der Waals surface area contributed by atoms with E-state index < -0.39 is 7.14 Å². The molecule has 11 heavy (non-hydrogen) atoms. The highest BCUT2D eigenvalue weighted by Gasteiger charge is 2.37. The van der Waals surface area contributed by atoms with Gasteiger partial charge >= 0.3 is 0 Å². The molecule has 0 bridgehead atoms. The predicted molar refractivity (Wildman–Crippen MR) is 48.8 cm³/mol. The second-order valence-corrected chi connectivity index (χ2v) is 7.57. The second-order valence-electron chi connectivity index (χ2n) is 4.04.